The van der Waals surface area contributed by atoms with Gasteiger partial charge >= 0.3 is 0 Å². The average molecular weight is 279 g/mol. The maximum Gasteiger partial charge on any atom is 0.248 e. The van der Waals surface area contributed by atoms with Crippen LogP contribution in [0.1, 0.15) is 18.9 Å². The van der Waals surface area contributed by atoms with E-state index in [0.717, 1.165) is 5.56 Å². The van der Waals surface area contributed by atoms with Crippen LogP contribution in [0.25, 0.3) is 0 Å². The van der Waals surface area contributed by atoms with E-state index in [1.165, 1.54) is 0 Å². The Balaban J connectivity index is 1.72. The predicted molar refractivity (Wildman–Crippen MR) is 74.1 cm³/mol. The molecule has 1 amide bonds. The van der Waals surface area contributed by atoms with Gasteiger partial charge in [0.15, 0.2) is 0 Å². The number of ether oxygens (including phenoxy) is 2. The van der Waals surface area contributed by atoms with E-state index in [4.69, 9.17) is 9.47 Å². The van der Waals surface area contributed by atoms with Crippen molar-refractivity contribution in [3.8, 4) is 0 Å². The number of aliphatic hydroxyl groups is 1. The second-order valence-corrected chi connectivity index (χ2v) is 5.18. The van der Waals surface area contributed by atoms with E-state index in [1.54, 1.807) is 6.92 Å². The fourth-order valence-corrected chi connectivity index (χ4v) is 2.00. The molecule has 0 aliphatic carbocycles. The van der Waals surface area contributed by atoms with Crippen molar-refractivity contribution >= 4 is 5.91 Å². The fourth-order valence-electron chi connectivity index (χ4n) is 2.00. The summed E-state index contributed by atoms with van der Waals surface area (Å²) in [6, 6.07) is 9.69. The zero-order valence-corrected chi connectivity index (χ0v) is 11.7. The molecule has 2 N–H and O–H groups in total. The molecule has 0 radical (unpaired) electrons. The first-order valence-corrected chi connectivity index (χ1v) is 6.82. The van der Waals surface area contributed by atoms with Crippen LogP contribution in [0.2, 0.25) is 0 Å². The minimum Gasteiger partial charge on any atom is -0.386 e. The van der Waals surface area contributed by atoms with Gasteiger partial charge in [-0.05, 0) is 12.5 Å². The van der Waals surface area contributed by atoms with Gasteiger partial charge in [-0.1, -0.05) is 30.3 Å². The maximum atomic E-state index is 11.9. The summed E-state index contributed by atoms with van der Waals surface area (Å²) in [6.07, 6.45) is -0.00636. The van der Waals surface area contributed by atoms with Crippen LogP contribution in [-0.4, -0.2) is 42.5 Å². The van der Waals surface area contributed by atoms with E-state index in [1.807, 2.05) is 30.3 Å². The number of amides is 1. The smallest absolute Gasteiger partial charge is 0.248 e. The molecule has 110 valence electrons. The third-order valence-electron chi connectivity index (χ3n) is 3.39. The lowest BCUT2D eigenvalue weighted by Crippen LogP contribution is -2.46. The number of hydrogen-bond donors (Lipinski definition) is 2. The summed E-state index contributed by atoms with van der Waals surface area (Å²) in [4.78, 5) is 11.9. The Morgan fingerprint density at radius 3 is 2.90 bits per heavy atom. The SMILES string of the molecule is CC(OCc1ccccc1)C(=O)NCC1(O)CCOC1. The summed E-state index contributed by atoms with van der Waals surface area (Å²) in [7, 11) is 0. The standard InChI is InChI=1S/C15H21NO4/c1-12(20-9-13-5-3-2-4-6-13)14(17)16-10-15(18)7-8-19-11-15/h2-6,12,18H,7-11H2,1H3,(H,16,17). The van der Waals surface area contributed by atoms with Crippen molar-refractivity contribution in [1.29, 1.82) is 0 Å². The van der Waals surface area contributed by atoms with Crippen LogP contribution in [0, 0.1) is 0 Å². The zero-order valence-electron chi connectivity index (χ0n) is 11.7. The molecule has 0 spiro atoms. The van der Waals surface area contributed by atoms with Gasteiger partial charge in [-0.25, -0.2) is 0 Å². The van der Waals surface area contributed by atoms with Gasteiger partial charge < -0.3 is 19.9 Å². The number of carbonyl (C=O) groups excluding carboxylic acids is 1. The maximum absolute atomic E-state index is 11.9. The molecular formula is C15H21NO4. The lowest BCUT2D eigenvalue weighted by molar-refractivity contribution is -0.133. The number of carbonyl (C=O) groups is 1. The van der Waals surface area contributed by atoms with E-state index >= 15 is 0 Å². The molecule has 2 rings (SSSR count). The lowest BCUT2D eigenvalue weighted by atomic mass is 10.0. The van der Waals surface area contributed by atoms with Crippen molar-refractivity contribution in [2.75, 3.05) is 19.8 Å². The van der Waals surface area contributed by atoms with Crippen LogP contribution in [0.4, 0.5) is 0 Å². The molecule has 1 aliphatic heterocycles. The monoisotopic (exact) mass is 279 g/mol. The quantitative estimate of drug-likeness (QED) is 0.810. The minimum absolute atomic E-state index is 0.199. The predicted octanol–water partition coefficient (Wildman–Crippen LogP) is 0.859. The molecule has 5 nitrogen and oxygen atoms in total. The van der Waals surface area contributed by atoms with Gasteiger partial charge in [0.05, 0.1) is 13.2 Å². The van der Waals surface area contributed by atoms with Crippen LogP contribution in [0.5, 0.6) is 0 Å². The first-order chi connectivity index (χ1) is 9.59. The molecular weight excluding hydrogens is 258 g/mol. The Morgan fingerprint density at radius 1 is 1.50 bits per heavy atom. The summed E-state index contributed by atoms with van der Waals surface area (Å²) >= 11 is 0. The summed E-state index contributed by atoms with van der Waals surface area (Å²) in [5, 5.41) is 12.8. The molecule has 5 heteroatoms. The normalized spacial score (nSPS) is 23.5. The minimum atomic E-state index is -0.936. The van der Waals surface area contributed by atoms with Crippen molar-refractivity contribution in [2.24, 2.45) is 0 Å². The molecule has 1 aromatic rings. The molecule has 1 aliphatic rings. The molecule has 2 atom stereocenters. The van der Waals surface area contributed by atoms with Gasteiger partial charge in [0.1, 0.15) is 11.7 Å². The summed E-state index contributed by atoms with van der Waals surface area (Å²) in [6.45, 7) is 3.10. The largest absolute Gasteiger partial charge is 0.386 e. The number of nitrogens with one attached hydrogen (secondary N) is 1. The van der Waals surface area contributed by atoms with Crippen molar-refractivity contribution in [2.45, 2.75) is 31.7 Å². The second-order valence-electron chi connectivity index (χ2n) is 5.18. The molecule has 1 heterocycles. The highest BCUT2D eigenvalue weighted by molar-refractivity contribution is 5.80. The molecule has 20 heavy (non-hydrogen) atoms. The number of rotatable bonds is 6. The Kier molecular flexibility index (Phi) is 5.11. The first kappa shape index (κ1) is 15.0. The number of benzene rings is 1. The Bertz CT molecular complexity index is 429. The van der Waals surface area contributed by atoms with E-state index in [9.17, 15) is 9.90 Å². The van der Waals surface area contributed by atoms with Crippen LogP contribution in [-0.2, 0) is 20.9 Å². The summed E-state index contributed by atoms with van der Waals surface area (Å²) < 4.78 is 10.6. The van der Waals surface area contributed by atoms with E-state index < -0.39 is 11.7 Å². The Morgan fingerprint density at radius 2 is 2.25 bits per heavy atom. The van der Waals surface area contributed by atoms with E-state index in [-0.39, 0.29) is 19.1 Å². The van der Waals surface area contributed by atoms with Gasteiger partial charge in [0.25, 0.3) is 0 Å². The Hall–Kier alpha value is -1.43. The molecule has 0 saturated carbocycles. The highest BCUT2D eigenvalue weighted by Crippen LogP contribution is 2.17. The number of hydrogen-bond acceptors (Lipinski definition) is 4. The highest BCUT2D eigenvalue weighted by atomic mass is 16.5. The molecule has 2 unspecified atom stereocenters. The molecule has 1 fully saturated rings. The Labute approximate surface area is 118 Å². The molecule has 0 aromatic heterocycles. The molecule has 0 bridgehead atoms. The van der Waals surface area contributed by atoms with Gasteiger partial charge in [0.2, 0.25) is 5.91 Å². The van der Waals surface area contributed by atoms with Crippen molar-refractivity contribution < 1.29 is 19.4 Å². The third kappa shape index (κ3) is 4.30. The van der Waals surface area contributed by atoms with Gasteiger partial charge in [0, 0.05) is 19.6 Å². The van der Waals surface area contributed by atoms with Crippen LogP contribution in [0.3, 0.4) is 0 Å². The van der Waals surface area contributed by atoms with E-state index in [2.05, 4.69) is 5.32 Å². The van der Waals surface area contributed by atoms with Crippen molar-refractivity contribution in [3.63, 3.8) is 0 Å². The first-order valence-electron chi connectivity index (χ1n) is 6.82. The van der Waals surface area contributed by atoms with Crippen LogP contribution < -0.4 is 5.32 Å². The van der Waals surface area contributed by atoms with Gasteiger partial charge in [-0.3, -0.25) is 4.79 Å². The van der Waals surface area contributed by atoms with Gasteiger partial charge in [-0.15, -0.1) is 0 Å². The second kappa shape index (κ2) is 6.83. The highest BCUT2D eigenvalue weighted by Gasteiger charge is 2.32. The topological polar surface area (TPSA) is 67.8 Å². The van der Waals surface area contributed by atoms with E-state index in [0.29, 0.717) is 19.6 Å². The third-order valence-corrected chi connectivity index (χ3v) is 3.39. The average Bonchev–Trinajstić information content (AvgIpc) is 2.90. The zero-order chi connectivity index (χ0) is 14.4. The van der Waals surface area contributed by atoms with Crippen LogP contribution >= 0.6 is 0 Å². The molecule has 1 aromatic carbocycles. The molecule has 1 saturated heterocycles. The summed E-state index contributed by atoms with van der Waals surface area (Å²) in [5.41, 5.74) is 0.0874. The summed E-state index contributed by atoms with van der Waals surface area (Å²) in [5.74, 6) is -0.221. The lowest BCUT2D eigenvalue weighted by Gasteiger charge is -2.22. The van der Waals surface area contributed by atoms with Gasteiger partial charge in [-0.2, -0.15) is 0 Å². The van der Waals surface area contributed by atoms with Crippen molar-refractivity contribution in [3.05, 3.63) is 35.9 Å². The van der Waals surface area contributed by atoms with Crippen molar-refractivity contribution in [1.82, 2.24) is 5.32 Å². The van der Waals surface area contributed by atoms with Crippen LogP contribution in [0.15, 0.2) is 30.3 Å². The fraction of sp³-hybridized carbons (Fsp3) is 0.533.